The second-order valence-electron chi connectivity index (χ2n) is 15.8. The van der Waals surface area contributed by atoms with Crippen molar-refractivity contribution in [1.82, 2.24) is 0 Å². The molecular weight excluding hydrogens is 725 g/mol. The van der Waals surface area contributed by atoms with E-state index >= 15 is 0 Å². The van der Waals surface area contributed by atoms with Crippen molar-refractivity contribution in [3.05, 3.63) is 36.5 Å². The van der Waals surface area contributed by atoms with Crippen LogP contribution in [0.1, 0.15) is 194 Å². The molecule has 1 rings (SSSR count). The molecule has 0 saturated carbocycles. The summed E-state index contributed by atoms with van der Waals surface area (Å²) in [7, 11) is 0. The molecule has 10 nitrogen and oxygen atoms in total. The molecule has 10 heteroatoms. The normalized spacial score (nSPS) is 20.6. The molecule has 1 heterocycles. The Kier molecular flexibility index (Phi) is 35.4. The molecule has 57 heavy (non-hydrogen) atoms. The number of hydrogen-bond acceptors (Lipinski definition) is 10. The minimum atomic E-state index is -1.60. The number of carbonyl (C=O) groups excluding carboxylic acids is 2. The van der Waals surface area contributed by atoms with Gasteiger partial charge in [-0.25, -0.2) is 0 Å². The fourth-order valence-corrected chi connectivity index (χ4v) is 6.80. The predicted octanol–water partition coefficient (Wildman–Crippen LogP) is 9.89. The van der Waals surface area contributed by atoms with Gasteiger partial charge in [0, 0.05) is 12.8 Å². The van der Waals surface area contributed by atoms with Gasteiger partial charge in [-0.2, -0.15) is 0 Å². The van der Waals surface area contributed by atoms with Crippen LogP contribution in [0.4, 0.5) is 0 Å². The Morgan fingerprint density at radius 1 is 0.544 bits per heavy atom. The first-order chi connectivity index (χ1) is 27.8. The van der Waals surface area contributed by atoms with E-state index in [1.165, 1.54) is 83.5 Å². The smallest absolute Gasteiger partial charge is 0.306 e. The maximum atomic E-state index is 12.8. The summed E-state index contributed by atoms with van der Waals surface area (Å²) in [4.78, 5) is 25.3. The molecule has 332 valence electrons. The van der Waals surface area contributed by atoms with Crippen LogP contribution in [0.5, 0.6) is 0 Å². The van der Waals surface area contributed by atoms with Crippen LogP contribution in [0.25, 0.3) is 0 Å². The first-order valence-electron chi connectivity index (χ1n) is 23.1. The number of esters is 2. The van der Waals surface area contributed by atoms with Crippen LogP contribution >= 0.6 is 0 Å². The highest BCUT2D eigenvalue weighted by Crippen LogP contribution is 2.22. The van der Waals surface area contributed by atoms with Gasteiger partial charge in [-0.05, 0) is 70.6 Å². The molecule has 1 aliphatic rings. The summed E-state index contributed by atoms with van der Waals surface area (Å²) < 4.78 is 22.2. The van der Waals surface area contributed by atoms with Crippen LogP contribution in [-0.2, 0) is 28.5 Å². The number of aliphatic hydroxyl groups is 4. The van der Waals surface area contributed by atoms with E-state index < -0.39 is 49.4 Å². The highest BCUT2D eigenvalue weighted by atomic mass is 16.7. The molecule has 0 bridgehead atoms. The Morgan fingerprint density at radius 2 is 0.982 bits per heavy atom. The second-order valence-corrected chi connectivity index (χ2v) is 15.8. The largest absolute Gasteiger partial charge is 0.462 e. The van der Waals surface area contributed by atoms with Crippen molar-refractivity contribution in [3.63, 3.8) is 0 Å². The average Bonchev–Trinajstić information content (AvgIpc) is 3.21. The Bertz CT molecular complexity index is 1030. The molecule has 0 spiro atoms. The summed E-state index contributed by atoms with van der Waals surface area (Å²) in [6.45, 7) is 3.38. The van der Waals surface area contributed by atoms with Crippen LogP contribution < -0.4 is 0 Å². The van der Waals surface area contributed by atoms with Gasteiger partial charge in [-0.1, -0.05) is 147 Å². The summed E-state index contributed by atoms with van der Waals surface area (Å²) in [6.07, 6.45) is 35.7. The Morgan fingerprint density at radius 3 is 1.51 bits per heavy atom. The van der Waals surface area contributed by atoms with Crippen molar-refractivity contribution in [1.29, 1.82) is 0 Å². The third kappa shape index (κ3) is 29.7. The molecule has 0 aromatic rings. The zero-order valence-corrected chi connectivity index (χ0v) is 36.1. The lowest BCUT2D eigenvalue weighted by atomic mass is 9.99. The molecule has 4 N–H and O–H groups in total. The summed E-state index contributed by atoms with van der Waals surface area (Å²) in [6, 6.07) is 0. The zero-order chi connectivity index (χ0) is 41.6. The van der Waals surface area contributed by atoms with Crippen molar-refractivity contribution in [2.45, 2.75) is 230 Å². The van der Waals surface area contributed by atoms with E-state index in [9.17, 15) is 30.0 Å². The standard InChI is InChI=1S/C47H84O10/c1-3-5-7-9-11-13-15-17-19-20-22-23-25-27-29-31-33-35-42(49)54-38-40(39-55-47-46(53)45(52)44(51)41(37-48)57-47)56-43(50)36-34-32-30-28-26-24-21-18-16-14-12-10-8-6-4-2/h12,14,17-19,21,40-41,44-48,51-53H,3-11,13,15-16,20,22-39H2,1-2H3/b14-12+,19-17+,21-18+/t40-,41-,44+,45?,46?,47-/m0/s1. The number of unbranched alkanes of at least 4 members (excludes halogenated alkanes) is 21. The monoisotopic (exact) mass is 809 g/mol. The number of ether oxygens (including phenoxy) is 4. The average molecular weight is 809 g/mol. The van der Waals surface area contributed by atoms with E-state index in [1.807, 2.05) is 0 Å². The summed E-state index contributed by atoms with van der Waals surface area (Å²) in [5.74, 6) is -0.825. The molecule has 6 atom stereocenters. The van der Waals surface area contributed by atoms with Crippen LogP contribution in [0.3, 0.4) is 0 Å². The fourth-order valence-electron chi connectivity index (χ4n) is 6.80. The number of rotatable bonds is 38. The zero-order valence-electron chi connectivity index (χ0n) is 36.1. The quantitative estimate of drug-likeness (QED) is 0.0270. The van der Waals surface area contributed by atoms with Gasteiger partial charge in [0.1, 0.15) is 31.0 Å². The number of carbonyl (C=O) groups is 2. The Hall–Kier alpha value is -2.08. The van der Waals surface area contributed by atoms with E-state index in [0.29, 0.717) is 6.42 Å². The summed E-state index contributed by atoms with van der Waals surface area (Å²) >= 11 is 0. The van der Waals surface area contributed by atoms with Crippen molar-refractivity contribution in [2.75, 3.05) is 19.8 Å². The SMILES string of the molecule is CCCCC/C=C/C/C=C/CCCCCCCC(=O)O[C@@H](COC(=O)CCCCCCCCC/C=C/CCCCCCCC)CO[C@H]1O[C@@H](CO)[C@@H](O)C(O)C1O. The Labute approximate surface area is 346 Å². The topological polar surface area (TPSA) is 152 Å². The van der Waals surface area contributed by atoms with Crippen LogP contribution in [0.15, 0.2) is 36.5 Å². The third-order valence-corrected chi connectivity index (χ3v) is 10.5. The molecule has 2 unspecified atom stereocenters. The van der Waals surface area contributed by atoms with Gasteiger partial charge in [0.25, 0.3) is 0 Å². The number of hydrogen-bond donors (Lipinski definition) is 4. The second kappa shape index (κ2) is 38.1. The van der Waals surface area contributed by atoms with Gasteiger partial charge in [-0.3, -0.25) is 9.59 Å². The van der Waals surface area contributed by atoms with E-state index in [1.54, 1.807) is 0 Å². The van der Waals surface area contributed by atoms with Crippen LogP contribution in [0.2, 0.25) is 0 Å². The maximum Gasteiger partial charge on any atom is 0.306 e. The van der Waals surface area contributed by atoms with Crippen molar-refractivity contribution in [2.24, 2.45) is 0 Å². The maximum absolute atomic E-state index is 12.8. The number of allylic oxidation sites excluding steroid dienone is 6. The van der Waals surface area contributed by atoms with Crippen LogP contribution in [0, 0.1) is 0 Å². The third-order valence-electron chi connectivity index (χ3n) is 10.5. The first-order valence-corrected chi connectivity index (χ1v) is 23.1. The molecule has 0 amide bonds. The highest BCUT2D eigenvalue weighted by Gasteiger charge is 2.44. The van der Waals surface area contributed by atoms with Crippen molar-refractivity contribution in [3.8, 4) is 0 Å². The van der Waals surface area contributed by atoms with Crippen molar-refractivity contribution >= 4 is 11.9 Å². The van der Waals surface area contributed by atoms with E-state index in [0.717, 1.165) is 77.0 Å². The van der Waals surface area contributed by atoms with Crippen molar-refractivity contribution < 1.29 is 49.0 Å². The lowest BCUT2D eigenvalue weighted by Crippen LogP contribution is -2.59. The van der Waals surface area contributed by atoms with Crippen LogP contribution in [-0.4, -0.2) is 89.0 Å². The highest BCUT2D eigenvalue weighted by molar-refractivity contribution is 5.70. The first kappa shape index (κ1) is 52.9. The molecule has 1 fully saturated rings. The van der Waals surface area contributed by atoms with Gasteiger partial charge < -0.3 is 39.4 Å². The van der Waals surface area contributed by atoms with Gasteiger partial charge in [-0.15, -0.1) is 0 Å². The lowest BCUT2D eigenvalue weighted by Gasteiger charge is -2.39. The van der Waals surface area contributed by atoms with E-state index in [2.05, 4.69) is 50.3 Å². The van der Waals surface area contributed by atoms with Gasteiger partial charge >= 0.3 is 11.9 Å². The summed E-state index contributed by atoms with van der Waals surface area (Å²) in [5, 5.41) is 40.1. The predicted molar refractivity (Wildman–Crippen MR) is 229 cm³/mol. The Balaban J connectivity index is 2.33. The molecule has 1 saturated heterocycles. The number of aliphatic hydroxyl groups excluding tert-OH is 4. The molecule has 0 aliphatic carbocycles. The molecule has 0 aromatic carbocycles. The van der Waals surface area contributed by atoms with E-state index in [4.69, 9.17) is 18.9 Å². The molecule has 0 radical (unpaired) electrons. The lowest BCUT2D eigenvalue weighted by molar-refractivity contribution is -0.305. The molecular formula is C47H84O10. The van der Waals surface area contributed by atoms with E-state index in [-0.39, 0.29) is 32.0 Å². The van der Waals surface area contributed by atoms with Gasteiger partial charge in [0.15, 0.2) is 12.4 Å². The minimum Gasteiger partial charge on any atom is -0.462 e. The fraction of sp³-hybridized carbons (Fsp3) is 0.830. The van der Waals surface area contributed by atoms with Gasteiger partial charge in [0.2, 0.25) is 0 Å². The molecule has 0 aromatic heterocycles. The summed E-state index contributed by atoms with van der Waals surface area (Å²) in [5.41, 5.74) is 0. The minimum absolute atomic E-state index is 0.213. The molecule has 1 aliphatic heterocycles. The van der Waals surface area contributed by atoms with Gasteiger partial charge in [0.05, 0.1) is 13.2 Å².